The summed E-state index contributed by atoms with van der Waals surface area (Å²) in [4.78, 5) is 25.5. The first-order chi connectivity index (χ1) is 12.0. The molecule has 1 N–H and O–H groups in total. The molecular weight excluding hydrogens is 324 g/mol. The Morgan fingerprint density at radius 1 is 1.32 bits per heavy atom. The van der Waals surface area contributed by atoms with Gasteiger partial charge < -0.3 is 19.5 Å². The lowest BCUT2D eigenvalue weighted by Crippen LogP contribution is -2.21. The number of rotatable bonds is 6. The fourth-order valence-corrected chi connectivity index (χ4v) is 1.84. The number of aromatic nitrogens is 1. The Balaban J connectivity index is 1.95. The van der Waals surface area contributed by atoms with Crippen LogP contribution < -0.4 is 10.2 Å². The monoisotopic (exact) mass is 340 g/mol. The van der Waals surface area contributed by atoms with Crippen LogP contribution in [0.3, 0.4) is 0 Å². The van der Waals surface area contributed by atoms with Crippen LogP contribution in [0.25, 0.3) is 6.08 Å². The zero-order valence-corrected chi connectivity index (χ0v) is 13.7. The molecule has 0 spiro atoms. The molecule has 0 atom stereocenters. The fraction of sp³-hybridized carbons (Fsp3) is 0.176. The van der Waals surface area contributed by atoms with E-state index in [9.17, 15) is 9.59 Å². The van der Waals surface area contributed by atoms with Crippen LogP contribution in [0.4, 0.5) is 11.5 Å². The van der Waals surface area contributed by atoms with Crippen molar-refractivity contribution in [2.24, 2.45) is 0 Å². The lowest BCUT2D eigenvalue weighted by atomic mass is 10.1. The van der Waals surface area contributed by atoms with Gasteiger partial charge in [0.05, 0.1) is 0 Å². The molecule has 2 rings (SSSR count). The van der Waals surface area contributed by atoms with E-state index >= 15 is 0 Å². The van der Waals surface area contributed by atoms with E-state index in [0.29, 0.717) is 5.56 Å². The first kappa shape index (κ1) is 17.7. The van der Waals surface area contributed by atoms with E-state index in [1.165, 1.54) is 18.4 Å². The van der Waals surface area contributed by atoms with Crippen LogP contribution in [-0.2, 0) is 14.3 Å². The first-order valence-corrected chi connectivity index (χ1v) is 7.26. The second kappa shape index (κ2) is 8.31. The minimum absolute atomic E-state index is 0.202. The van der Waals surface area contributed by atoms with E-state index in [0.717, 1.165) is 5.69 Å². The average molecular weight is 340 g/mol. The largest absolute Gasteiger partial charge is 0.451 e. The zero-order valence-electron chi connectivity index (χ0n) is 13.7. The summed E-state index contributed by atoms with van der Waals surface area (Å²) >= 11 is 0. The fourth-order valence-electron chi connectivity index (χ4n) is 1.84. The molecule has 0 unspecified atom stereocenters. The molecule has 0 saturated carbocycles. The molecule has 0 bridgehead atoms. The summed E-state index contributed by atoms with van der Waals surface area (Å²) in [5.74, 6) is -1.26. The van der Waals surface area contributed by atoms with Crippen molar-refractivity contribution in [1.29, 1.82) is 5.26 Å². The maximum atomic E-state index is 11.9. The van der Waals surface area contributed by atoms with Crippen molar-refractivity contribution in [2.75, 3.05) is 30.9 Å². The van der Waals surface area contributed by atoms with Crippen molar-refractivity contribution in [2.45, 2.75) is 0 Å². The molecule has 1 aromatic heterocycles. The third-order valence-corrected chi connectivity index (χ3v) is 3.10. The minimum Gasteiger partial charge on any atom is -0.451 e. The lowest BCUT2D eigenvalue weighted by molar-refractivity contribution is -0.142. The van der Waals surface area contributed by atoms with E-state index in [-0.39, 0.29) is 11.4 Å². The molecule has 0 radical (unpaired) electrons. The van der Waals surface area contributed by atoms with Gasteiger partial charge in [-0.2, -0.15) is 5.26 Å². The first-order valence-electron chi connectivity index (χ1n) is 7.26. The molecule has 128 valence electrons. The molecule has 1 heterocycles. The second-order valence-electron chi connectivity index (χ2n) is 5.16. The Hall–Kier alpha value is -3.60. The average Bonchev–Trinajstić information content (AvgIpc) is 3.10. The van der Waals surface area contributed by atoms with Crippen LogP contribution in [-0.4, -0.2) is 37.7 Å². The quantitative estimate of drug-likeness (QED) is 0.485. The summed E-state index contributed by atoms with van der Waals surface area (Å²) in [7, 11) is 3.82. The normalized spacial score (nSPS) is 10.7. The molecule has 8 nitrogen and oxygen atoms in total. The predicted molar refractivity (Wildman–Crippen MR) is 90.5 cm³/mol. The van der Waals surface area contributed by atoms with Gasteiger partial charge >= 0.3 is 5.97 Å². The molecule has 0 aliphatic rings. The van der Waals surface area contributed by atoms with E-state index in [1.54, 1.807) is 18.2 Å². The Bertz CT molecular complexity index is 802. The topological polar surface area (TPSA) is 108 Å². The van der Waals surface area contributed by atoms with Crippen molar-refractivity contribution in [3.63, 3.8) is 0 Å². The van der Waals surface area contributed by atoms with Crippen LogP contribution in [0, 0.1) is 11.3 Å². The number of hydrogen-bond donors (Lipinski definition) is 1. The van der Waals surface area contributed by atoms with Gasteiger partial charge in [-0.25, -0.2) is 4.79 Å². The molecule has 1 amide bonds. The maximum absolute atomic E-state index is 11.9. The summed E-state index contributed by atoms with van der Waals surface area (Å²) in [6.45, 7) is -0.537. The van der Waals surface area contributed by atoms with Crippen LogP contribution in [0.2, 0.25) is 0 Å². The van der Waals surface area contributed by atoms with Crippen LogP contribution >= 0.6 is 0 Å². The summed E-state index contributed by atoms with van der Waals surface area (Å²) in [5, 5.41) is 15.0. The Morgan fingerprint density at radius 2 is 2.04 bits per heavy atom. The van der Waals surface area contributed by atoms with Gasteiger partial charge in [-0.05, 0) is 23.8 Å². The molecule has 0 saturated heterocycles. The van der Waals surface area contributed by atoms with Gasteiger partial charge in [0.15, 0.2) is 12.4 Å². The molecule has 0 aliphatic carbocycles. The maximum Gasteiger partial charge on any atom is 0.349 e. The molecule has 0 fully saturated rings. The van der Waals surface area contributed by atoms with Gasteiger partial charge in [0.2, 0.25) is 0 Å². The number of carbonyl (C=O) groups is 2. The van der Waals surface area contributed by atoms with E-state index < -0.39 is 18.5 Å². The summed E-state index contributed by atoms with van der Waals surface area (Å²) in [6.07, 6.45) is 2.69. The van der Waals surface area contributed by atoms with Crippen LogP contribution in [0.5, 0.6) is 0 Å². The minimum atomic E-state index is -0.880. The number of nitriles is 1. The van der Waals surface area contributed by atoms with Gasteiger partial charge in [-0.3, -0.25) is 4.79 Å². The van der Waals surface area contributed by atoms with Gasteiger partial charge in [0.25, 0.3) is 5.91 Å². The number of nitrogens with one attached hydrogen (secondary N) is 1. The number of hydrogen-bond acceptors (Lipinski definition) is 7. The summed E-state index contributed by atoms with van der Waals surface area (Å²) in [5.41, 5.74) is 1.46. The smallest absolute Gasteiger partial charge is 0.349 e. The summed E-state index contributed by atoms with van der Waals surface area (Å²) < 4.78 is 9.39. The Labute approximate surface area is 144 Å². The molecule has 25 heavy (non-hydrogen) atoms. The van der Waals surface area contributed by atoms with E-state index in [2.05, 4.69) is 15.0 Å². The van der Waals surface area contributed by atoms with Gasteiger partial charge in [-0.1, -0.05) is 17.3 Å². The number of carbonyl (C=O) groups excluding carboxylic acids is 2. The molecule has 0 aliphatic heterocycles. The Morgan fingerprint density at radius 3 is 2.60 bits per heavy atom. The van der Waals surface area contributed by atoms with Gasteiger partial charge in [0.1, 0.15) is 17.9 Å². The highest BCUT2D eigenvalue weighted by Gasteiger charge is 2.14. The molecule has 2 aromatic rings. The van der Waals surface area contributed by atoms with Crippen LogP contribution in [0.1, 0.15) is 5.56 Å². The number of ether oxygens (including phenoxy) is 1. The highest BCUT2D eigenvalue weighted by molar-refractivity contribution is 6.00. The summed E-state index contributed by atoms with van der Waals surface area (Å²) in [6, 6.07) is 10.5. The van der Waals surface area contributed by atoms with Crippen molar-refractivity contribution < 1.29 is 18.8 Å². The van der Waals surface area contributed by atoms with Crippen molar-refractivity contribution >= 4 is 29.5 Å². The van der Waals surface area contributed by atoms with Crippen molar-refractivity contribution in [3.8, 4) is 6.07 Å². The highest BCUT2D eigenvalue weighted by atomic mass is 16.5. The SMILES string of the molecule is CN(C)c1ccc(C=C(C#N)C(=O)OCC(=O)Nc2ccon2)cc1. The third kappa shape index (κ3) is 5.21. The standard InChI is InChI=1S/C17H16N4O4/c1-21(2)14-5-3-12(4-6-14)9-13(10-18)17(23)24-11-16(22)19-15-7-8-25-20-15/h3-9H,11H2,1-2H3,(H,19,20,22). The predicted octanol–water partition coefficient (Wildman–Crippen LogP) is 1.83. The van der Waals surface area contributed by atoms with E-state index in [1.807, 2.05) is 31.1 Å². The molecule has 1 aromatic carbocycles. The number of nitrogens with zero attached hydrogens (tertiary/aromatic N) is 3. The number of benzene rings is 1. The van der Waals surface area contributed by atoms with Gasteiger partial charge in [0, 0.05) is 25.8 Å². The molecule has 8 heteroatoms. The number of amides is 1. The van der Waals surface area contributed by atoms with Gasteiger partial charge in [-0.15, -0.1) is 0 Å². The van der Waals surface area contributed by atoms with E-state index in [4.69, 9.17) is 10.00 Å². The second-order valence-corrected chi connectivity index (χ2v) is 5.16. The lowest BCUT2D eigenvalue weighted by Gasteiger charge is -2.11. The van der Waals surface area contributed by atoms with Crippen molar-refractivity contribution in [1.82, 2.24) is 5.16 Å². The Kier molecular flexibility index (Phi) is 5.90. The number of anilines is 2. The zero-order chi connectivity index (χ0) is 18.2. The third-order valence-electron chi connectivity index (χ3n) is 3.10. The van der Waals surface area contributed by atoms with Crippen LogP contribution in [0.15, 0.2) is 46.7 Å². The number of esters is 1. The highest BCUT2D eigenvalue weighted by Crippen LogP contribution is 2.15. The molecular formula is C17H16N4O4. The van der Waals surface area contributed by atoms with Crippen molar-refractivity contribution in [3.05, 3.63) is 47.7 Å².